The van der Waals surface area contributed by atoms with Crippen molar-refractivity contribution in [3.8, 4) is 11.1 Å². The zero-order chi connectivity index (χ0) is 22.0. The number of anilines is 2. The monoisotopic (exact) mass is 444 g/mol. The Bertz CT molecular complexity index is 1180. The topological polar surface area (TPSA) is 136 Å². The number of carbonyl (C=O) groups excluding carboxylic acids is 1. The molecule has 3 N–H and O–H groups in total. The Kier molecular flexibility index (Phi) is 5.74. The molecule has 0 unspecified atom stereocenters. The Morgan fingerprint density at radius 2 is 1.84 bits per heavy atom. The molecule has 4 rings (SSSR count). The molecule has 11 nitrogen and oxygen atoms in total. The molecule has 2 amide bonds. The number of H-pyrrole nitrogens is 1. The van der Waals surface area contributed by atoms with E-state index < -0.39 is 10.0 Å². The molecular formula is C19H24N8O3S. The molecule has 1 aliphatic heterocycles. The lowest BCUT2D eigenvalue weighted by Crippen LogP contribution is -2.48. The van der Waals surface area contributed by atoms with Gasteiger partial charge in [-0.15, -0.1) is 0 Å². The van der Waals surface area contributed by atoms with E-state index in [9.17, 15) is 13.2 Å². The number of nitrogens with zero attached hydrogens (tertiary/aromatic N) is 5. The van der Waals surface area contributed by atoms with Crippen LogP contribution in [0.1, 0.15) is 6.92 Å². The molecule has 3 heterocycles. The standard InChI is InChI=1S/C19H24N8O3S/c1-3-20-19(28)25-17-23-15-5-4-13(10-16(15)24-17)14-11-21-18(22-12-14)26-6-8-27(9-7-26)31(2,29)30/h4-5,10-12H,3,6-9H2,1-2H3,(H3,20,23,24,25,28). The number of urea groups is 1. The number of hydrogen-bond acceptors (Lipinski definition) is 7. The molecule has 1 aromatic carbocycles. The van der Waals surface area contributed by atoms with Crippen LogP contribution in [-0.2, 0) is 10.0 Å². The summed E-state index contributed by atoms with van der Waals surface area (Å²) in [4.78, 5) is 30.0. The molecule has 2 aromatic heterocycles. The molecule has 0 aliphatic carbocycles. The van der Waals surface area contributed by atoms with Gasteiger partial charge in [0.05, 0.1) is 17.3 Å². The number of piperazine rings is 1. The largest absolute Gasteiger partial charge is 0.338 e. The van der Waals surface area contributed by atoms with Crippen LogP contribution < -0.4 is 15.5 Å². The van der Waals surface area contributed by atoms with E-state index >= 15 is 0 Å². The fourth-order valence-corrected chi connectivity index (χ4v) is 4.24. The predicted molar refractivity (Wildman–Crippen MR) is 118 cm³/mol. The maximum absolute atomic E-state index is 11.7. The molecule has 3 aromatic rings. The molecule has 0 radical (unpaired) electrons. The molecule has 0 atom stereocenters. The number of benzene rings is 1. The highest BCUT2D eigenvalue weighted by Gasteiger charge is 2.24. The van der Waals surface area contributed by atoms with Crippen LogP contribution in [0.3, 0.4) is 0 Å². The predicted octanol–water partition coefficient (Wildman–Crippen LogP) is 1.24. The van der Waals surface area contributed by atoms with E-state index in [0.717, 1.165) is 22.2 Å². The van der Waals surface area contributed by atoms with Crippen LogP contribution in [0.15, 0.2) is 30.6 Å². The minimum atomic E-state index is -3.17. The van der Waals surface area contributed by atoms with Gasteiger partial charge in [-0.1, -0.05) is 6.07 Å². The normalized spacial score (nSPS) is 15.2. The van der Waals surface area contributed by atoms with Crippen LogP contribution in [0, 0.1) is 0 Å². The first-order valence-corrected chi connectivity index (χ1v) is 11.8. The number of aromatic nitrogens is 4. The summed E-state index contributed by atoms with van der Waals surface area (Å²) in [5.41, 5.74) is 3.27. The van der Waals surface area contributed by atoms with Gasteiger partial charge in [-0.25, -0.2) is 28.2 Å². The van der Waals surface area contributed by atoms with E-state index in [2.05, 4.69) is 30.6 Å². The summed E-state index contributed by atoms with van der Waals surface area (Å²) >= 11 is 0. The Balaban J connectivity index is 1.47. The molecule has 0 bridgehead atoms. The van der Waals surface area contributed by atoms with Gasteiger partial charge in [-0.05, 0) is 24.6 Å². The summed E-state index contributed by atoms with van der Waals surface area (Å²) in [5, 5.41) is 5.31. The zero-order valence-electron chi connectivity index (χ0n) is 17.3. The number of fused-ring (bicyclic) bond motifs is 1. The number of hydrogen-bond donors (Lipinski definition) is 3. The third kappa shape index (κ3) is 4.75. The van der Waals surface area contributed by atoms with Crippen LogP contribution in [0.25, 0.3) is 22.2 Å². The van der Waals surface area contributed by atoms with Crippen LogP contribution in [0.5, 0.6) is 0 Å². The molecule has 164 valence electrons. The second-order valence-corrected chi connectivity index (χ2v) is 9.21. The van der Waals surface area contributed by atoms with Gasteiger partial charge < -0.3 is 15.2 Å². The Morgan fingerprint density at radius 3 is 2.48 bits per heavy atom. The van der Waals surface area contributed by atoms with Gasteiger partial charge in [0.1, 0.15) is 0 Å². The van der Waals surface area contributed by atoms with Crippen LogP contribution in [0.2, 0.25) is 0 Å². The first kappa shape index (κ1) is 21.0. The van der Waals surface area contributed by atoms with E-state index in [1.165, 1.54) is 10.6 Å². The van der Waals surface area contributed by atoms with Crippen LogP contribution in [-0.4, -0.2) is 77.7 Å². The van der Waals surface area contributed by atoms with E-state index in [1.54, 1.807) is 12.4 Å². The Hall–Kier alpha value is -3.25. The second kappa shape index (κ2) is 8.47. The Morgan fingerprint density at radius 1 is 1.13 bits per heavy atom. The molecule has 1 aliphatic rings. The summed E-state index contributed by atoms with van der Waals surface area (Å²) in [7, 11) is -3.17. The summed E-state index contributed by atoms with van der Waals surface area (Å²) in [6.07, 6.45) is 4.72. The number of amides is 2. The molecule has 0 saturated carbocycles. The van der Waals surface area contributed by atoms with Crippen LogP contribution >= 0.6 is 0 Å². The lowest BCUT2D eigenvalue weighted by atomic mass is 10.1. The SMILES string of the molecule is CCNC(=O)Nc1nc2ccc(-c3cnc(N4CCN(S(C)(=O)=O)CC4)nc3)cc2[nH]1. The summed E-state index contributed by atoms with van der Waals surface area (Å²) in [5.74, 6) is 0.950. The minimum Gasteiger partial charge on any atom is -0.338 e. The van der Waals surface area contributed by atoms with E-state index in [0.29, 0.717) is 44.6 Å². The third-order valence-corrected chi connectivity index (χ3v) is 6.32. The average Bonchev–Trinajstić information content (AvgIpc) is 3.15. The van der Waals surface area contributed by atoms with Crippen molar-refractivity contribution < 1.29 is 13.2 Å². The van der Waals surface area contributed by atoms with Gasteiger partial charge in [0.25, 0.3) is 0 Å². The van der Waals surface area contributed by atoms with Gasteiger partial charge in [-0.3, -0.25) is 5.32 Å². The highest BCUT2D eigenvalue weighted by atomic mass is 32.2. The fourth-order valence-electron chi connectivity index (χ4n) is 3.41. The van der Waals surface area contributed by atoms with Crippen molar-refractivity contribution in [2.45, 2.75) is 6.92 Å². The first-order chi connectivity index (χ1) is 14.8. The van der Waals surface area contributed by atoms with Gasteiger partial charge in [0.15, 0.2) is 0 Å². The number of imidazole rings is 1. The highest BCUT2D eigenvalue weighted by Crippen LogP contribution is 2.24. The molecule has 12 heteroatoms. The third-order valence-electron chi connectivity index (χ3n) is 5.01. The quantitative estimate of drug-likeness (QED) is 0.539. The lowest BCUT2D eigenvalue weighted by Gasteiger charge is -2.33. The zero-order valence-corrected chi connectivity index (χ0v) is 18.1. The highest BCUT2D eigenvalue weighted by molar-refractivity contribution is 7.88. The van der Waals surface area contributed by atoms with Crippen molar-refractivity contribution in [1.82, 2.24) is 29.6 Å². The van der Waals surface area contributed by atoms with Crippen molar-refractivity contribution in [2.24, 2.45) is 0 Å². The van der Waals surface area contributed by atoms with Gasteiger partial charge >= 0.3 is 6.03 Å². The van der Waals surface area contributed by atoms with Crippen molar-refractivity contribution in [3.63, 3.8) is 0 Å². The lowest BCUT2D eigenvalue weighted by molar-refractivity contribution is 0.252. The smallest absolute Gasteiger partial charge is 0.321 e. The molecule has 1 fully saturated rings. The minimum absolute atomic E-state index is 0.317. The fraction of sp³-hybridized carbons (Fsp3) is 0.368. The molecule has 1 saturated heterocycles. The average molecular weight is 445 g/mol. The maximum atomic E-state index is 11.7. The maximum Gasteiger partial charge on any atom is 0.321 e. The second-order valence-electron chi connectivity index (χ2n) is 7.22. The van der Waals surface area contributed by atoms with Crippen molar-refractivity contribution in [1.29, 1.82) is 0 Å². The molecule has 31 heavy (non-hydrogen) atoms. The van der Waals surface area contributed by atoms with E-state index in [-0.39, 0.29) is 6.03 Å². The molecular weight excluding hydrogens is 420 g/mol. The van der Waals surface area contributed by atoms with Crippen molar-refractivity contribution in [3.05, 3.63) is 30.6 Å². The first-order valence-electron chi connectivity index (χ1n) is 9.90. The van der Waals surface area contributed by atoms with Crippen molar-refractivity contribution in [2.75, 3.05) is 49.2 Å². The summed E-state index contributed by atoms with van der Waals surface area (Å²) in [6, 6.07) is 5.39. The number of rotatable bonds is 5. The summed E-state index contributed by atoms with van der Waals surface area (Å²) < 4.78 is 24.8. The molecule has 0 spiro atoms. The Labute approximate surface area is 179 Å². The van der Waals surface area contributed by atoms with Gasteiger partial charge in [-0.2, -0.15) is 4.31 Å². The van der Waals surface area contributed by atoms with Crippen LogP contribution in [0.4, 0.5) is 16.7 Å². The number of nitrogens with one attached hydrogen (secondary N) is 3. The number of aromatic amines is 1. The van der Waals surface area contributed by atoms with E-state index in [4.69, 9.17) is 0 Å². The number of sulfonamides is 1. The van der Waals surface area contributed by atoms with Gasteiger partial charge in [0.2, 0.25) is 21.9 Å². The van der Waals surface area contributed by atoms with E-state index in [1.807, 2.05) is 30.0 Å². The van der Waals surface area contributed by atoms with Gasteiger partial charge in [0, 0.05) is 50.7 Å². The number of carbonyl (C=O) groups is 1. The summed E-state index contributed by atoms with van der Waals surface area (Å²) in [6.45, 7) is 4.31. The van der Waals surface area contributed by atoms with Crippen molar-refractivity contribution >= 4 is 39.0 Å².